The topological polar surface area (TPSA) is 34.1 Å². The van der Waals surface area contributed by atoms with Gasteiger partial charge in [-0.3, -0.25) is 0 Å². The Morgan fingerprint density at radius 2 is 1.29 bits per heavy atom. The first-order valence-corrected chi connectivity index (χ1v) is 11.2. The maximum Gasteiger partial charge on any atom is 0.171 e. The molecule has 116 valence electrons. The predicted octanol–water partition coefficient (Wildman–Crippen LogP) is 3.64. The third kappa shape index (κ3) is 2.92. The first kappa shape index (κ1) is 17.0. The summed E-state index contributed by atoms with van der Waals surface area (Å²) in [6.07, 6.45) is 20.5. The Balaban J connectivity index is 2.51. The molecule has 0 saturated carbocycles. The summed E-state index contributed by atoms with van der Waals surface area (Å²) < 4.78 is 25.6. The van der Waals surface area contributed by atoms with Crippen LogP contribution in [0, 0.1) is 0 Å². The highest BCUT2D eigenvalue weighted by molar-refractivity contribution is 8.02. The molecule has 2 unspecified atom stereocenters. The number of rotatable bonds is 6. The second-order valence-corrected chi connectivity index (χ2v) is 9.85. The molecule has 0 radical (unpaired) electrons. The minimum Gasteiger partial charge on any atom is -0.227 e. The van der Waals surface area contributed by atoms with Crippen LogP contribution >= 0.6 is 23.5 Å². The molecule has 2 aliphatic carbocycles. The summed E-state index contributed by atoms with van der Waals surface area (Å²) in [6, 6.07) is 0. The van der Waals surface area contributed by atoms with Crippen molar-refractivity contribution in [2.75, 3.05) is 24.0 Å². The number of hydrogen-bond acceptors (Lipinski definition) is 4. The average molecular weight is 343 g/mol. The van der Waals surface area contributed by atoms with E-state index in [1.807, 2.05) is 61.1 Å². The van der Waals surface area contributed by atoms with Gasteiger partial charge in [-0.05, 0) is 25.4 Å². The van der Waals surface area contributed by atoms with Gasteiger partial charge >= 0.3 is 0 Å². The smallest absolute Gasteiger partial charge is 0.171 e. The molecule has 2 aliphatic rings. The van der Waals surface area contributed by atoms with Crippen LogP contribution in [0.1, 0.15) is 12.8 Å². The summed E-state index contributed by atoms with van der Waals surface area (Å²) in [6.45, 7) is 0. The quantitative estimate of drug-likeness (QED) is 0.738. The zero-order valence-electron chi connectivity index (χ0n) is 12.5. The summed E-state index contributed by atoms with van der Waals surface area (Å²) in [4.78, 5) is 0. The minimum atomic E-state index is -3.35. The lowest BCUT2D eigenvalue weighted by atomic mass is 10.0. The Hall–Kier alpha value is -0.390. The number of thioether (sulfide) groups is 2. The second-order valence-electron chi connectivity index (χ2n) is 5.48. The van der Waals surface area contributed by atoms with E-state index in [0.29, 0.717) is 24.3 Å². The molecule has 2 atom stereocenters. The largest absolute Gasteiger partial charge is 0.227 e. The molecule has 0 saturated heterocycles. The molecule has 0 heterocycles. The van der Waals surface area contributed by atoms with Crippen LogP contribution in [0.4, 0.5) is 0 Å². The monoisotopic (exact) mass is 342 g/mol. The van der Waals surface area contributed by atoms with Crippen molar-refractivity contribution in [2.24, 2.45) is 0 Å². The van der Waals surface area contributed by atoms with Crippen molar-refractivity contribution in [3.8, 4) is 0 Å². The van der Waals surface area contributed by atoms with Crippen LogP contribution in [0.25, 0.3) is 0 Å². The lowest BCUT2D eigenvalue weighted by Crippen LogP contribution is -2.53. The molecule has 0 aromatic rings. The SMILES string of the molecule is CSCC1(S(=O)(=O)C2(CSC)C=CC=CC2)C=CC=CC1. The van der Waals surface area contributed by atoms with Crippen LogP contribution in [0.2, 0.25) is 0 Å². The normalized spacial score (nSPS) is 31.7. The first-order valence-electron chi connectivity index (χ1n) is 6.94. The van der Waals surface area contributed by atoms with Crippen molar-refractivity contribution in [3.05, 3.63) is 48.6 Å². The van der Waals surface area contributed by atoms with Crippen LogP contribution in [0.3, 0.4) is 0 Å². The number of hydrogen-bond donors (Lipinski definition) is 0. The highest BCUT2D eigenvalue weighted by Crippen LogP contribution is 2.42. The Morgan fingerprint density at radius 1 is 0.857 bits per heavy atom. The van der Waals surface area contributed by atoms with Crippen molar-refractivity contribution >= 4 is 33.4 Å². The van der Waals surface area contributed by atoms with E-state index in [1.165, 1.54) is 0 Å². The molecule has 2 nitrogen and oxygen atoms in total. The first-order chi connectivity index (χ1) is 10.0. The maximum absolute atomic E-state index is 13.6. The molecule has 0 bridgehead atoms. The standard InChI is InChI=1S/C16H22O2S3/c1-19-13-15(9-5-3-6-10-15)21(17,18)16(14-20-2)11-7-4-8-12-16/h3-9,11H,10,12-14H2,1-2H3. The van der Waals surface area contributed by atoms with Gasteiger partial charge in [0.1, 0.15) is 9.49 Å². The Bertz CT molecular complexity index is 541. The summed E-state index contributed by atoms with van der Waals surface area (Å²) in [5.41, 5.74) is 0. The molecule has 0 N–H and O–H groups in total. The molecule has 0 aromatic carbocycles. The van der Waals surface area contributed by atoms with Gasteiger partial charge in [-0.1, -0.05) is 48.6 Å². The summed E-state index contributed by atoms with van der Waals surface area (Å²) >= 11 is 3.20. The molecule has 2 rings (SSSR count). The molecule has 0 amide bonds. The fraction of sp³-hybridized carbons (Fsp3) is 0.500. The zero-order chi connectivity index (χ0) is 15.4. The van der Waals surface area contributed by atoms with Crippen molar-refractivity contribution < 1.29 is 8.42 Å². The van der Waals surface area contributed by atoms with Crippen molar-refractivity contribution in [1.82, 2.24) is 0 Å². The Labute approximate surface area is 136 Å². The van der Waals surface area contributed by atoms with Crippen molar-refractivity contribution in [2.45, 2.75) is 22.3 Å². The summed E-state index contributed by atoms with van der Waals surface area (Å²) in [5.74, 6) is 1.20. The second kappa shape index (κ2) is 6.80. The number of allylic oxidation sites excluding steroid dienone is 6. The van der Waals surface area contributed by atoms with Crippen molar-refractivity contribution in [3.63, 3.8) is 0 Å². The summed E-state index contributed by atoms with van der Waals surface area (Å²) in [5, 5.41) is 0. The van der Waals surface area contributed by atoms with Gasteiger partial charge in [0.15, 0.2) is 9.84 Å². The maximum atomic E-state index is 13.6. The van der Waals surface area contributed by atoms with Gasteiger partial charge in [0.2, 0.25) is 0 Å². The predicted molar refractivity (Wildman–Crippen MR) is 96.9 cm³/mol. The van der Waals surface area contributed by atoms with Crippen LogP contribution < -0.4 is 0 Å². The molecule has 0 spiro atoms. The van der Waals surface area contributed by atoms with Gasteiger partial charge < -0.3 is 0 Å². The van der Waals surface area contributed by atoms with E-state index in [2.05, 4.69) is 0 Å². The molecule has 0 aliphatic heterocycles. The van der Waals surface area contributed by atoms with Gasteiger partial charge in [0, 0.05) is 11.5 Å². The van der Waals surface area contributed by atoms with Crippen LogP contribution in [0.5, 0.6) is 0 Å². The third-order valence-electron chi connectivity index (χ3n) is 4.07. The molecular weight excluding hydrogens is 320 g/mol. The Kier molecular flexibility index (Phi) is 5.49. The van der Waals surface area contributed by atoms with Gasteiger partial charge in [-0.15, -0.1) is 0 Å². The van der Waals surface area contributed by atoms with Gasteiger partial charge in [-0.2, -0.15) is 23.5 Å². The molecule has 0 fully saturated rings. The van der Waals surface area contributed by atoms with E-state index >= 15 is 0 Å². The van der Waals surface area contributed by atoms with Crippen LogP contribution in [-0.2, 0) is 9.84 Å². The highest BCUT2D eigenvalue weighted by atomic mass is 32.2. The zero-order valence-corrected chi connectivity index (χ0v) is 14.9. The van der Waals surface area contributed by atoms with E-state index in [1.54, 1.807) is 23.5 Å². The van der Waals surface area contributed by atoms with Crippen LogP contribution in [0.15, 0.2) is 48.6 Å². The average Bonchev–Trinajstić information content (AvgIpc) is 2.49. The molecule has 0 aromatic heterocycles. The fourth-order valence-electron chi connectivity index (χ4n) is 2.95. The summed E-state index contributed by atoms with van der Waals surface area (Å²) in [7, 11) is -3.35. The van der Waals surface area contributed by atoms with Gasteiger partial charge in [0.05, 0.1) is 0 Å². The lowest BCUT2D eigenvalue weighted by molar-refractivity contribution is 0.533. The molecule has 21 heavy (non-hydrogen) atoms. The van der Waals surface area contributed by atoms with E-state index < -0.39 is 19.3 Å². The minimum absolute atomic E-state index is 0.570. The van der Waals surface area contributed by atoms with E-state index in [-0.39, 0.29) is 0 Å². The van der Waals surface area contributed by atoms with Gasteiger partial charge in [0.25, 0.3) is 0 Å². The van der Waals surface area contributed by atoms with E-state index in [4.69, 9.17) is 0 Å². The number of sulfone groups is 1. The van der Waals surface area contributed by atoms with E-state index in [0.717, 1.165) is 0 Å². The lowest BCUT2D eigenvalue weighted by Gasteiger charge is -2.40. The molecule has 5 heteroatoms. The fourth-order valence-corrected chi connectivity index (χ4v) is 8.26. The van der Waals surface area contributed by atoms with Crippen molar-refractivity contribution in [1.29, 1.82) is 0 Å². The van der Waals surface area contributed by atoms with Gasteiger partial charge in [-0.25, -0.2) is 8.42 Å². The van der Waals surface area contributed by atoms with Crippen LogP contribution in [-0.4, -0.2) is 41.9 Å². The Morgan fingerprint density at radius 3 is 1.57 bits per heavy atom. The van der Waals surface area contributed by atoms with E-state index in [9.17, 15) is 8.42 Å². The molecular formula is C16H22O2S3. The third-order valence-corrected chi connectivity index (χ3v) is 9.08. The highest BCUT2D eigenvalue weighted by Gasteiger charge is 2.53.